The third-order valence-corrected chi connectivity index (χ3v) is 1.77. The first-order valence-corrected chi connectivity index (χ1v) is 4.06. The molecule has 0 N–H and O–H groups in total. The molecule has 2 aromatic heterocycles. The van der Waals surface area contributed by atoms with E-state index >= 15 is 0 Å². The van der Waals surface area contributed by atoms with Crippen molar-refractivity contribution in [3.05, 3.63) is 30.1 Å². The Labute approximate surface area is 80.2 Å². The summed E-state index contributed by atoms with van der Waals surface area (Å²) in [6, 6.07) is 0. The number of rotatable bonds is 2. The van der Waals surface area contributed by atoms with Gasteiger partial charge in [-0.25, -0.2) is 4.98 Å². The van der Waals surface area contributed by atoms with E-state index in [0.717, 1.165) is 0 Å². The molecule has 2 rings (SSSR count). The van der Waals surface area contributed by atoms with Crippen molar-refractivity contribution in [3.63, 3.8) is 0 Å². The Morgan fingerprint density at radius 3 is 2.64 bits per heavy atom. The summed E-state index contributed by atoms with van der Waals surface area (Å²) in [6.45, 7) is 0. The summed E-state index contributed by atoms with van der Waals surface area (Å²) in [7, 11) is 3.47. The number of hydrogen-bond acceptors (Lipinski definition) is 4. The van der Waals surface area contributed by atoms with Gasteiger partial charge in [-0.3, -0.25) is 4.79 Å². The van der Waals surface area contributed by atoms with Gasteiger partial charge in [-0.05, 0) is 0 Å². The van der Waals surface area contributed by atoms with Gasteiger partial charge in [0, 0.05) is 20.3 Å². The van der Waals surface area contributed by atoms with Gasteiger partial charge >= 0.3 is 0 Å². The molecule has 2 aromatic rings. The molecule has 0 aromatic carbocycles. The zero-order valence-electron chi connectivity index (χ0n) is 7.88. The molecule has 0 radical (unpaired) electrons. The zero-order valence-corrected chi connectivity index (χ0v) is 7.88. The summed E-state index contributed by atoms with van der Waals surface area (Å²) < 4.78 is 1.71. The topological polar surface area (TPSA) is 65.6 Å². The molecule has 14 heavy (non-hydrogen) atoms. The molecule has 0 fully saturated rings. The van der Waals surface area contributed by atoms with Crippen molar-refractivity contribution in [1.29, 1.82) is 0 Å². The predicted octanol–water partition coefficient (Wildman–Crippen LogP) is -0.220. The monoisotopic (exact) mass is 191 g/mol. The Balaban J connectivity index is 2.33. The van der Waals surface area contributed by atoms with Crippen LogP contribution < -0.4 is 0 Å². The summed E-state index contributed by atoms with van der Waals surface area (Å²) in [5, 5.41) is 7.72. The molecule has 0 saturated carbocycles. The Bertz CT molecular complexity index is 427. The number of aryl methyl sites for hydroxylation is 2. The van der Waals surface area contributed by atoms with Crippen LogP contribution in [0.5, 0.6) is 0 Å². The van der Waals surface area contributed by atoms with Gasteiger partial charge in [0.1, 0.15) is 5.69 Å². The highest BCUT2D eigenvalue weighted by Crippen LogP contribution is 2.02. The maximum atomic E-state index is 11.7. The van der Waals surface area contributed by atoms with Crippen LogP contribution in [-0.4, -0.2) is 30.3 Å². The highest BCUT2D eigenvalue weighted by molar-refractivity contribution is 6.05. The number of ketones is 1. The summed E-state index contributed by atoms with van der Waals surface area (Å²) in [5.41, 5.74) is 0.694. The van der Waals surface area contributed by atoms with E-state index < -0.39 is 0 Å². The number of aromatic nitrogens is 5. The van der Waals surface area contributed by atoms with E-state index in [1.165, 1.54) is 11.0 Å². The molecule has 6 heteroatoms. The first-order chi connectivity index (χ1) is 6.66. The maximum Gasteiger partial charge on any atom is 0.234 e. The van der Waals surface area contributed by atoms with Crippen LogP contribution in [0.4, 0.5) is 0 Å². The second kappa shape index (κ2) is 3.06. The predicted molar refractivity (Wildman–Crippen MR) is 47.6 cm³/mol. The molecule has 0 unspecified atom stereocenters. The highest BCUT2D eigenvalue weighted by atomic mass is 16.1. The van der Waals surface area contributed by atoms with Crippen LogP contribution in [0.1, 0.15) is 16.2 Å². The van der Waals surface area contributed by atoms with Crippen LogP contribution in [-0.2, 0) is 14.1 Å². The zero-order chi connectivity index (χ0) is 10.1. The Hall–Kier alpha value is -1.98. The molecular formula is C8H9N5O. The lowest BCUT2D eigenvalue weighted by atomic mass is 10.2. The minimum Gasteiger partial charge on any atom is -0.340 e. The van der Waals surface area contributed by atoms with Gasteiger partial charge in [0.2, 0.25) is 5.78 Å². The van der Waals surface area contributed by atoms with Crippen molar-refractivity contribution in [3.8, 4) is 0 Å². The smallest absolute Gasteiger partial charge is 0.234 e. The van der Waals surface area contributed by atoms with E-state index in [2.05, 4.69) is 15.2 Å². The Kier molecular flexibility index (Phi) is 1.88. The van der Waals surface area contributed by atoms with E-state index in [1.807, 2.05) is 0 Å². The molecule has 6 nitrogen and oxygen atoms in total. The fourth-order valence-corrected chi connectivity index (χ4v) is 1.11. The summed E-state index contributed by atoms with van der Waals surface area (Å²) in [6.07, 6.45) is 4.65. The van der Waals surface area contributed by atoms with Crippen LogP contribution in [0.25, 0.3) is 0 Å². The largest absolute Gasteiger partial charge is 0.340 e. The minimum atomic E-state index is -0.210. The van der Waals surface area contributed by atoms with Crippen LogP contribution in [0.2, 0.25) is 0 Å². The lowest BCUT2D eigenvalue weighted by Crippen LogP contribution is -2.03. The van der Waals surface area contributed by atoms with Gasteiger partial charge in [0.15, 0.2) is 5.69 Å². The second-order valence-corrected chi connectivity index (χ2v) is 2.97. The standard InChI is InChI=1S/C8H9N5O/c1-12-4-7(9-5-12)8(14)6-3-10-13(2)11-6/h3-5H,1-2H3. The van der Waals surface area contributed by atoms with Gasteiger partial charge in [0.05, 0.1) is 12.5 Å². The van der Waals surface area contributed by atoms with E-state index in [0.29, 0.717) is 11.4 Å². The Morgan fingerprint density at radius 1 is 1.36 bits per heavy atom. The van der Waals surface area contributed by atoms with Crippen molar-refractivity contribution < 1.29 is 4.79 Å². The summed E-state index contributed by atoms with van der Waals surface area (Å²) in [4.78, 5) is 17.0. The fourth-order valence-electron chi connectivity index (χ4n) is 1.11. The van der Waals surface area contributed by atoms with Gasteiger partial charge in [-0.2, -0.15) is 15.0 Å². The number of imidazole rings is 1. The van der Waals surface area contributed by atoms with Gasteiger partial charge in [-0.1, -0.05) is 0 Å². The fraction of sp³-hybridized carbons (Fsp3) is 0.250. The molecule has 2 heterocycles. The van der Waals surface area contributed by atoms with Crippen molar-refractivity contribution in [2.24, 2.45) is 14.1 Å². The van der Waals surface area contributed by atoms with Crippen molar-refractivity contribution in [1.82, 2.24) is 24.5 Å². The third-order valence-electron chi connectivity index (χ3n) is 1.77. The quantitative estimate of drug-likeness (QED) is 0.615. The highest BCUT2D eigenvalue weighted by Gasteiger charge is 2.14. The summed E-state index contributed by atoms with van der Waals surface area (Å²) >= 11 is 0. The molecular weight excluding hydrogens is 182 g/mol. The molecule has 0 spiro atoms. The average molecular weight is 191 g/mol. The molecule has 0 atom stereocenters. The first-order valence-electron chi connectivity index (χ1n) is 4.06. The van der Waals surface area contributed by atoms with Crippen molar-refractivity contribution in [2.45, 2.75) is 0 Å². The number of hydrogen-bond donors (Lipinski definition) is 0. The molecule has 0 aliphatic carbocycles. The Morgan fingerprint density at radius 2 is 2.14 bits per heavy atom. The lowest BCUT2D eigenvalue weighted by Gasteiger charge is -1.88. The van der Waals surface area contributed by atoms with Crippen molar-refractivity contribution in [2.75, 3.05) is 0 Å². The molecule has 0 aliphatic heterocycles. The molecule has 0 aliphatic rings. The lowest BCUT2D eigenvalue weighted by molar-refractivity contribution is 0.102. The molecule has 72 valence electrons. The van der Waals surface area contributed by atoms with Crippen molar-refractivity contribution >= 4 is 5.78 Å². The van der Waals surface area contributed by atoms with Crippen LogP contribution in [0, 0.1) is 0 Å². The minimum absolute atomic E-state index is 0.210. The van der Waals surface area contributed by atoms with E-state index in [4.69, 9.17) is 0 Å². The normalized spacial score (nSPS) is 10.4. The first kappa shape index (κ1) is 8.61. The summed E-state index contributed by atoms with van der Waals surface area (Å²) in [5.74, 6) is -0.210. The van der Waals surface area contributed by atoms with Crippen LogP contribution in [0.15, 0.2) is 18.7 Å². The second-order valence-electron chi connectivity index (χ2n) is 2.97. The third kappa shape index (κ3) is 1.41. The van der Waals surface area contributed by atoms with Crippen LogP contribution in [0.3, 0.4) is 0 Å². The SMILES string of the molecule is Cn1cnc(C(=O)c2cnn(C)n2)c1. The molecule has 0 bridgehead atoms. The molecule has 0 amide bonds. The van der Waals surface area contributed by atoms with Gasteiger partial charge in [0.25, 0.3) is 0 Å². The molecule has 0 saturated heterocycles. The number of carbonyl (C=O) groups excluding carboxylic acids is 1. The van der Waals surface area contributed by atoms with Gasteiger partial charge in [-0.15, -0.1) is 0 Å². The van der Waals surface area contributed by atoms with E-state index in [9.17, 15) is 4.79 Å². The maximum absolute atomic E-state index is 11.7. The van der Waals surface area contributed by atoms with E-state index in [1.54, 1.807) is 31.2 Å². The number of nitrogens with zero attached hydrogens (tertiary/aromatic N) is 5. The average Bonchev–Trinajstić information content (AvgIpc) is 2.73. The van der Waals surface area contributed by atoms with Gasteiger partial charge < -0.3 is 4.57 Å². The van der Waals surface area contributed by atoms with Crippen LogP contribution >= 0.6 is 0 Å². The van der Waals surface area contributed by atoms with E-state index in [-0.39, 0.29) is 5.78 Å². The number of carbonyl (C=O) groups is 1.